The molecule has 0 unspecified atom stereocenters. The molecule has 0 bridgehead atoms. The predicted octanol–water partition coefficient (Wildman–Crippen LogP) is 5.33. The summed E-state index contributed by atoms with van der Waals surface area (Å²) in [6.07, 6.45) is 2.49. The van der Waals surface area contributed by atoms with Crippen LogP contribution in [0.1, 0.15) is 19.8 Å². The van der Waals surface area contributed by atoms with Gasteiger partial charge in [0.15, 0.2) is 0 Å². The molecule has 2 aromatic rings. The molecule has 0 atom stereocenters. The fourth-order valence-electron chi connectivity index (χ4n) is 2.85. The quantitative estimate of drug-likeness (QED) is 0.747. The van der Waals surface area contributed by atoms with Gasteiger partial charge in [-0.05, 0) is 67.3 Å². The number of carbonyl (C=O) groups is 1. The molecule has 2 amide bonds. The van der Waals surface area contributed by atoms with Crippen molar-refractivity contribution in [2.24, 2.45) is 5.92 Å². The maximum absolute atomic E-state index is 12.0. The smallest absolute Gasteiger partial charge is 0.323 e. The Kier molecular flexibility index (Phi) is 5.41. The molecule has 0 radical (unpaired) electrons. The van der Waals surface area contributed by atoms with Gasteiger partial charge in [-0.25, -0.2) is 4.79 Å². The van der Waals surface area contributed by atoms with Crippen molar-refractivity contribution in [2.75, 3.05) is 28.6 Å². The van der Waals surface area contributed by atoms with Gasteiger partial charge in [-0.2, -0.15) is 0 Å². The van der Waals surface area contributed by atoms with Gasteiger partial charge < -0.3 is 15.5 Å². The Labute approximate surface area is 151 Å². The Morgan fingerprint density at radius 2 is 1.46 bits per heavy atom. The van der Waals surface area contributed by atoms with E-state index in [2.05, 4.69) is 50.5 Å². The van der Waals surface area contributed by atoms with Crippen molar-refractivity contribution in [1.29, 1.82) is 0 Å². The molecule has 1 aliphatic heterocycles. The lowest BCUT2D eigenvalue weighted by atomic mass is 9.99. The maximum atomic E-state index is 12.0. The second kappa shape index (κ2) is 7.71. The van der Waals surface area contributed by atoms with Gasteiger partial charge >= 0.3 is 6.03 Å². The number of benzene rings is 2. The summed E-state index contributed by atoms with van der Waals surface area (Å²) < 4.78 is 0.983. The average molecular weight is 388 g/mol. The zero-order valence-electron chi connectivity index (χ0n) is 13.8. The Morgan fingerprint density at radius 1 is 0.958 bits per heavy atom. The third-order valence-corrected chi connectivity index (χ3v) is 4.90. The topological polar surface area (TPSA) is 44.4 Å². The van der Waals surface area contributed by atoms with E-state index in [9.17, 15) is 4.79 Å². The van der Waals surface area contributed by atoms with Crippen molar-refractivity contribution in [3.8, 4) is 0 Å². The van der Waals surface area contributed by atoms with Crippen molar-refractivity contribution in [2.45, 2.75) is 19.8 Å². The van der Waals surface area contributed by atoms with Crippen molar-refractivity contribution in [3.05, 3.63) is 53.0 Å². The highest BCUT2D eigenvalue weighted by Gasteiger charge is 2.15. The molecular formula is C19H22BrN3O. The van der Waals surface area contributed by atoms with Gasteiger partial charge in [-0.3, -0.25) is 0 Å². The van der Waals surface area contributed by atoms with E-state index in [1.165, 1.54) is 18.5 Å². The summed E-state index contributed by atoms with van der Waals surface area (Å²) in [6.45, 7) is 4.53. The molecule has 0 saturated carbocycles. The SMILES string of the molecule is CC1CCN(c2ccc(NC(=O)Nc3ccc(Br)cc3)cc2)CC1. The van der Waals surface area contributed by atoms with E-state index in [0.717, 1.165) is 34.9 Å². The molecule has 2 N–H and O–H groups in total. The van der Waals surface area contributed by atoms with E-state index in [1.54, 1.807) is 0 Å². The molecule has 0 aliphatic carbocycles. The Balaban J connectivity index is 1.55. The maximum Gasteiger partial charge on any atom is 0.323 e. The Hall–Kier alpha value is -2.01. The fourth-order valence-corrected chi connectivity index (χ4v) is 3.11. The van der Waals surface area contributed by atoms with Crippen LogP contribution in [0.25, 0.3) is 0 Å². The highest BCUT2D eigenvalue weighted by molar-refractivity contribution is 9.10. The van der Waals surface area contributed by atoms with E-state index < -0.39 is 0 Å². The largest absolute Gasteiger partial charge is 0.372 e. The lowest BCUT2D eigenvalue weighted by Crippen LogP contribution is -2.32. The van der Waals surface area contributed by atoms with Crippen LogP contribution in [0.5, 0.6) is 0 Å². The number of halogens is 1. The van der Waals surface area contributed by atoms with Gasteiger partial charge in [0.2, 0.25) is 0 Å². The second-order valence-corrected chi connectivity index (χ2v) is 7.22. The minimum atomic E-state index is -0.239. The molecule has 5 heteroatoms. The minimum Gasteiger partial charge on any atom is -0.372 e. The third-order valence-electron chi connectivity index (χ3n) is 4.38. The van der Waals surface area contributed by atoms with Gasteiger partial charge in [-0.15, -0.1) is 0 Å². The lowest BCUT2D eigenvalue weighted by Gasteiger charge is -2.32. The van der Waals surface area contributed by atoms with E-state index in [-0.39, 0.29) is 6.03 Å². The Morgan fingerprint density at radius 3 is 2.00 bits per heavy atom. The van der Waals surface area contributed by atoms with Gasteiger partial charge in [-0.1, -0.05) is 22.9 Å². The molecule has 4 nitrogen and oxygen atoms in total. The van der Waals surface area contributed by atoms with Crippen LogP contribution in [-0.2, 0) is 0 Å². The standard InChI is InChI=1S/C19H22BrN3O/c1-14-10-12-23(13-11-14)18-8-6-17(7-9-18)22-19(24)21-16-4-2-15(20)3-5-16/h2-9,14H,10-13H2,1H3,(H2,21,22,24). The van der Waals surface area contributed by atoms with Gasteiger partial charge in [0.1, 0.15) is 0 Å². The van der Waals surface area contributed by atoms with Crippen molar-refractivity contribution >= 4 is 39.0 Å². The van der Waals surface area contributed by atoms with Crippen LogP contribution >= 0.6 is 15.9 Å². The number of nitrogens with zero attached hydrogens (tertiary/aromatic N) is 1. The molecule has 0 aromatic heterocycles. The highest BCUT2D eigenvalue weighted by Crippen LogP contribution is 2.24. The summed E-state index contributed by atoms with van der Waals surface area (Å²) >= 11 is 3.38. The van der Waals surface area contributed by atoms with Crippen LogP contribution < -0.4 is 15.5 Å². The van der Waals surface area contributed by atoms with Crippen LogP contribution in [0.15, 0.2) is 53.0 Å². The average Bonchev–Trinajstić information content (AvgIpc) is 2.58. The normalized spacial score (nSPS) is 15.2. The number of amides is 2. The molecular weight excluding hydrogens is 366 g/mol. The first-order valence-corrected chi connectivity index (χ1v) is 9.08. The fraction of sp³-hybridized carbons (Fsp3) is 0.316. The monoisotopic (exact) mass is 387 g/mol. The molecule has 3 rings (SSSR count). The zero-order chi connectivity index (χ0) is 16.9. The first kappa shape index (κ1) is 16.8. The van der Waals surface area contributed by atoms with E-state index >= 15 is 0 Å². The molecule has 1 heterocycles. The van der Waals surface area contributed by atoms with Gasteiger partial charge in [0.25, 0.3) is 0 Å². The minimum absolute atomic E-state index is 0.239. The van der Waals surface area contributed by atoms with Gasteiger partial charge in [0, 0.05) is 34.6 Å². The van der Waals surface area contributed by atoms with E-state index in [0.29, 0.717) is 0 Å². The van der Waals surface area contributed by atoms with Crippen LogP contribution in [-0.4, -0.2) is 19.1 Å². The number of urea groups is 1. The van der Waals surface area contributed by atoms with Crippen LogP contribution in [0.3, 0.4) is 0 Å². The van der Waals surface area contributed by atoms with Gasteiger partial charge in [0.05, 0.1) is 0 Å². The summed E-state index contributed by atoms with van der Waals surface area (Å²) in [5.74, 6) is 0.824. The zero-order valence-corrected chi connectivity index (χ0v) is 15.3. The molecule has 126 valence electrons. The Bertz CT molecular complexity index is 677. The lowest BCUT2D eigenvalue weighted by molar-refractivity contribution is 0.262. The highest BCUT2D eigenvalue weighted by atomic mass is 79.9. The van der Waals surface area contributed by atoms with E-state index in [4.69, 9.17) is 0 Å². The number of carbonyl (C=O) groups excluding carboxylic acids is 1. The van der Waals surface area contributed by atoms with Crippen molar-refractivity contribution in [3.63, 3.8) is 0 Å². The first-order chi connectivity index (χ1) is 11.6. The summed E-state index contributed by atoms with van der Waals surface area (Å²) in [5.41, 5.74) is 2.77. The number of rotatable bonds is 3. The molecule has 2 aromatic carbocycles. The van der Waals surface area contributed by atoms with Crippen molar-refractivity contribution < 1.29 is 4.79 Å². The molecule has 0 spiro atoms. The molecule has 1 fully saturated rings. The molecule has 1 aliphatic rings. The summed E-state index contributed by atoms with van der Waals surface area (Å²) in [5, 5.41) is 5.68. The van der Waals surface area contributed by atoms with E-state index in [1.807, 2.05) is 36.4 Å². The van der Waals surface area contributed by atoms with Crippen LogP contribution in [0, 0.1) is 5.92 Å². The molecule has 24 heavy (non-hydrogen) atoms. The predicted molar refractivity (Wildman–Crippen MR) is 104 cm³/mol. The number of hydrogen-bond donors (Lipinski definition) is 2. The summed E-state index contributed by atoms with van der Waals surface area (Å²) in [7, 11) is 0. The summed E-state index contributed by atoms with van der Waals surface area (Å²) in [6, 6.07) is 15.3. The first-order valence-electron chi connectivity index (χ1n) is 8.29. The summed E-state index contributed by atoms with van der Waals surface area (Å²) in [4.78, 5) is 14.5. The number of nitrogens with one attached hydrogen (secondary N) is 2. The van der Waals surface area contributed by atoms with Crippen LogP contribution in [0.2, 0.25) is 0 Å². The van der Waals surface area contributed by atoms with Crippen molar-refractivity contribution in [1.82, 2.24) is 0 Å². The number of piperidine rings is 1. The number of anilines is 3. The second-order valence-electron chi connectivity index (χ2n) is 6.30. The van der Waals surface area contributed by atoms with Crippen LogP contribution in [0.4, 0.5) is 21.9 Å². The number of hydrogen-bond acceptors (Lipinski definition) is 2. The molecule has 1 saturated heterocycles. The third kappa shape index (κ3) is 4.51.